The lowest BCUT2D eigenvalue weighted by molar-refractivity contribution is -0.118. The van der Waals surface area contributed by atoms with Crippen molar-refractivity contribution in [2.75, 3.05) is 35.4 Å². The maximum atomic E-state index is 13.3. The third-order valence-electron chi connectivity index (χ3n) is 8.70. The number of rotatable bonds is 15. The highest BCUT2D eigenvalue weighted by Gasteiger charge is 2.21. The molecule has 0 bridgehead atoms. The van der Waals surface area contributed by atoms with Crippen LogP contribution in [0.3, 0.4) is 0 Å². The van der Waals surface area contributed by atoms with Gasteiger partial charge in [0.05, 0.1) is 34.7 Å². The Balaban J connectivity index is 0.000000200. The molecular formula is C40H41F2N13O2S. The van der Waals surface area contributed by atoms with E-state index >= 15 is 0 Å². The molecule has 18 heteroatoms. The van der Waals surface area contributed by atoms with Gasteiger partial charge in [-0.15, -0.1) is 11.3 Å². The van der Waals surface area contributed by atoms with E-state index in [0.717, 1.165) is 51.0 Å². The second-order valence-corrected chi connectivity index (χ2v) is 13.6. The monoisotopic (exact) mass is 805 g/mol. The number of anilines is 4. The topological polar surface area (TPSA) is 216 Å². The zero-order valence-corrected chi connectivity index (χ0v) is 32.3. The SMILES string of the molecule is CNc1cc(-c2cc(NC(=O)[C@@H](N)Cc3ccc(F)cc3)n[nH]2)ccn1.CNc1cc(-c2cc(NC(=O)[C@H](Cc3ccc(F)cc3)NCc3cscn3)n[nH]2)ccn1. The number of hydrogen-bond donors (Lipinski definition) is 8. The van der Waals surface area contributed by atoms with Gasteiger partial charge in [-0.3, -0.25) is 25.1 Å². The minimum absolute atomic E-state index is 0.242. The van der Waals surface area contributed by atoms with Crippen molar-refractivity contribution in [3.63, 3.8) is 0 Å². The Morgan fingerprint density at radius 2 is 1.21 bits per heavy atom. The second-order valence-electron chi connectivity index (χ2n) is 12.9. The third kappa shape index (κ3) is 11.6. The fourth-order valence-corrected chi connectivity index (χ4v) is 6.16. The lowest BCUT2D eigenvalue weighted by Crippen LogP contribution is -2.42. The molecular weight excluding hydrogens is 765 g/mol. The normalized spacial score (nSPS) is 11.8. The number of carbonyl (C=O) groups is 2. The molecule has 5 heterocycles. The van der Waals surface area contributed by atoms with Crippen molar-refractivity contribution in [2.45, 2.75) is 31.5 Å². The third-order valence-corrected chi connectivity index (χ3v) is 9.34. The zero-order valence-electron chi connectivity index (χ0n) is 31.5. The lowest BCUT2D eigenvalue weighted by Gasteiger charge is -2.17. The fraction of sp³-hybridized carbons (Fsp3) is 0.175. The minimum Gasteiger partial charge on any atom is -0.373 e. The van der Waals surface area contributed by atoms with E-state index in [1.165, 1.54) is 35.6 Å². The number of aromatic amines is 2. The average molecular weight is 806 g/mol. The Hall–Kier alpha value is -6.89. The van der Waals surface area contributed by atoms with Crippen LogP contribution in [0.25, 0.3) is 22.5 Å². The summed E-state index contributed by atoms with van der Waals surface area (Å²) in [6.07, 6.45) is 4.07. The van der Waals surface area contributed by atoms with Gasteiger partial charge in [-0.05, 0) is 72.5 Å². The average Bonchev–Trinajstić information content (AvgIpc) is 4.05. The largest absolute Gasteiger partial charge is 0.373 e. The van der Waals surface area contributed by atoms with Crippen LogP contribution in [0.15, 0.2) is 108 Å². The first-order chi connectivity index (χ1) is 28.1. The highest BCUT2D eigenvalue weighted by atomic mass is 32.1. The molecule has 0 aliphatic carbocycles. The molecule has 15 nitrogen and oxygen atoms in total. The number of nitrogens with zero attached hydrogens (tertiary/aromatic N) is 5. The first-order valence-electron chi connectivity index (χ1n) is 18.0. The summed E-state index contributed by atoms with van der Waals surface area (Å²) in [6.45, 7) is 0.443. The van der Waals surface area contributed by atoms with Crippen LogP contribution in [0.5, 0.6) is 0 Å². The Morgan fingerprint density at radius 1 is 0.690 bits per heavy atom. The molecule has 0 fully saturated rings. The Labute approximate surface area is 336 Å². The van der Waals surface area contributed by atoms with Crippen molar-refractivity contribution >= 4 is 46.4 Å². The van der Waals surface area contributed by atoms with Gasteiger partial charge in [0.2, 0.25) is 11.8 Å². The summed E-state index contributed by atoms with van der Waals surface area (Å²) in [5, 5.41) is 30.8. The summed E-state index contributed by atoms with van der Waals surface area (Å²) in [5.74, 6) is 0.999. The van der Waals surface area contributed by atoms with Crippen molar-refractivity contribution < 1.29 is 18.4 Å². The van der Waals surface area contributed by atoms with E-state index in [2.05, 4.69) is 61.9 Å². The van der Waals surface area contributed by atoms with Crippen molar-refractivity contribution in [3.8, 4) is 22.5 Å². The molecule has 0 aliphatic heterocycles. The van der Waals surface area contributed by atoms with Crippen molar-refractivity contribution in [1.29, 1.82) is 0 Å². The summed E-state index contributed by atoms with van der Waals surface area (Å²) in [7, 11) is 3.58. The molecule has 2 aromatic carbocycles. The highest BCUT2D eigenvalue weighted by molar-refractivity contribution is 7.07. The number of hydrogen-bond acceptors (Lipinski definition) is 12. The minimum atomic E-state index is -0.766. The molecule has 58 heavy (non-hydrogen) atoms. The zero-order chi connectivity index (χ0) is 40.9. The number of nitrogens with two attached hydrogens (primary N) is 1. The van der Waals surface area contributed by atoms with E-state index in [-0.39, 0.29) is 23.4 Å². The van der Waals surface area contributed by atoms with Crippen LogP contribution in [0, 0.1) is 11.6 Å². The molecule has 0 saturated heterocycles. The van der Waals surface area contributed by atoms with Gasteiger partial charge in [0.1, 0.15) is 23.3 Å². The second kappa shape index (κ2) is 19.8. The summed E-state index contributed by atoms with van der Waals surface area (Å²) in [4.78, 5) is 37.9. The molecule has 0 unspecified atom stereocenters. The van der Waals surface area contributed by atoms with Crippen molar-refractivity contribution in [3.05, 3.63) is 137 Å². The van der Waals surface area contributed by atoms with Crippen LogP contribution >= 0.6 is 11.3 Å². The number of carbonyl (C=O) groups excluding carboxylic acids is 2. The summed E-state index contributed by atoms with van der Waals surface area (Å²) in [5.41, 5.74) is 13.4. The molecule has 2 atom stereocenters. The van der Waals surface area contributed by atoms with Crippen LogP contribution in [-0.2, 0) is 29.0 Å². The highest BCUT2D eigenvalue weighted by Crippen LogP contribution is 2.23. The number of halogens is 2. The maximum absolute atomic E-state index is 13.3. The molecule has 9 N–H and O–H groups in total. The molecule has 7 aromatic rings. The van der Waals surface area contributed by atoms with E-state index in [1.807, 2.05) is 29.6 Å². The number of amides is 2. The molecule has 0 spiro atoms. The molecule has 0 saturated carbocycles. The Bertz CT molecular complexity index is 2390. The fourth-order valence-electron chi connectivity index (χ4n) is 5.60. The molecule has 0 aliphatic rings. The predicted molar refractivity (Wildman–Crippen MR) is 221 cm³/mol. The molecule has 2 amide bonds. The Morgan fingerprint density at radius 3 is 1.71 bits per heavy atom. The van der Waals surface area contributed by atoms with Crippen LogP contribution < -0.4 is 32.3 Å². The molecule has 0 radical (unpaired) electrons. The maximum Gasteiger partial charge on any atom is 0.243 e. The molecule has 5 aromatic heterocycles. The number of benzene rings is 2. The summed E-state index contributed by atoms with van der Waals surface area (Å²) in [6, 6.07) is 21.6. The van der Waals surface area contributed by atoms with Crippen molar-refractivity contribution in [1.82, 2.24) is 40.7 Å². The van der Waals surface area contributed by atoms with Gasteiger partial charge < -0.3 is 27.0 Å². The number of thiazole rings is 1. The van der Waals surface area contributed by atoms with Gasteiger partial charge >= 0.3 is 0 Å². The summed E-state index contributed by atoms with van der Waals surface area (Å²) < 4.78 is 26.2. The van der Waals surface area contributed by atoms with Gasteiger partial charge in [-0.2, -0.15) is 10.2 Å². The van der Waals surface area contributed by atoms with Crippen LogP contribution in [0.4, 0.5) is 32.1 Å². The number of aromatic nitrogens is 7. The Kier molecular flexibility index (Phi) is 13.9. The van der Waals surface area contributed by atoms with Crippen molar-refractivity contribution in [2.24, 2.45) is 5.73 Å². The number of H-pyrrole nitrogens is 2. The van der Waals surface area contributed by atoms with Gasteiger partial charge in [-0.1, -0.05) is 24.3 Å². The molecule has 298 valence electrons. The van der Waals surface area contributed by atoms with Gasteiger partial charge in [-0.25, -0.2) is 23.7 Å². The van der Waals surface area contributed by atoms with E-state index in [1.54, 1.807) is 68.4 Å². The smallest absolute Gasteiger partial charge is 0.243 e. The van der Waals surface area contributed by atoms with Gasteiger partial charge in [0.15, 0.2) is 11.6 Å². The van der Waals surface area contributed by atoms with Gasteiger partial charge in [0.25, 0.3) is 0 Å². The van der Waals surface area contributed by atoms with E-state index in [0.29, 0.717) is 31.0 Å². The first-order valence-corrected chi connectivity index (χ1v) is 19.0. The summed E-state index contributed by atoms with van der Waals surface area (Å²) >= 11 is 1.49. The van der Waals surface area contributed by atoms with E-state index in [9.17, 15) is 18.4 Å². The standard InChI is InChI=1S/C22H22FN7OS.C18H19FN6O/c1-24-20-9-15(6-7-25-20)18-10-21(30-29-18)28-22(31)19(26-11-17-12-32-13-27-17)8-14-2-4-16(23)5-3-14;1-21-16-9-12(6-7-22-16)15-10-17(25-24-15)23-18(26)14(20)8-11-2-4-13(19)5-3-11/h2-7,9-10,12-13,19,26H,8,11H2,1H3,(H,24,25)(H2,28,29,30,31);2-7,9-10,14H,8,20H2,1H3,(H,21,22)(H2,23,24,25,26)/t19-;14-/m00/s1. The van der Waals surface area contributed by atoms with Crippen LogP contribution in [0.2, 0.25) is 0 Å². The predicted octanol–water partition coefficient (Wildman–Crippen LogP) is 5.61. The van der Waals surface area contributed by atoms with E-state index in [4.69, 9.17) is 5.73 Å². The number of nitrogens with one attached hydrogen (secondary N) is 7. The quantitative estimate of drug-likeness (QED) is 0.0637. The van der Waals surface area contributed by atoms with Gasteiger partial charge in [0, 0.05) is 61.7 Å². The first kappa shape index (κ1) is 40.8. The van der Waals surface area contributed by atoms with E-state index < -0.39 is 12.1 Å². The van der Waals surface area contributed by atoms with Crippen LogP contribution in [-0.4, -0.2) is 73.3 Å². The van der Waals surface area contributed by atoms with Crippen LogP contribution in [0.1, 0.15) is 16.8 Å². The lowest BCUT2D eigenvalue weighted by atomic mass is 10.0. The molecule has 7 rings (SSSR count). The number of pyridine rings is 2.